The summed E-state index contributed by atoms with van der Waals surface area (Å²) in [4.78, 5) is 9.87. The summed E-state index contributed by atoms with van der Waals surface area (Å²) in [6, 6.07) is 18.6. The predicted molar refractivity (Wildman–Crippen MR) is 111 cm³/mol. The molecule has 2 N–H and O–H groups in total. The predicted octanol–water partition coefficient (Wildman–Crippen LogP) is 2.87. The van der Waals surface area contributed by atoms with Crippen LogP contribution in [0.25, 0.3) is 0 Å². The molecule has 0 fully saturated rings. The normalized spacial score (nSPS) is 11.7. The van der Waals surface area contributed by atoms with Gasteiger partial charge in [0.25, 0.3) is 15.7 Å². The van der Waals surface area contributed by atoms with Crippen molar-refractivity contribution in [2.45, 2.75) is 16.3 Å². The number of nitrogens with one attached hydrogen (secondary N) is 2. The Hall–Kier alpha value is -3.28. The van der Waals surface area contributed by atoms with Gasteiger partial charge in [0.1, 0.15) is 0 Å². The Kier molecular flexibility index (Phi) is 6.15. The van der Waals surface area contributed by atoms with Crippen LogP contribution in [0, 0.1) is 10.1 Å². The van der Waals surface area contributed by atoms with E-state index in [2.05, 4.69) is 9.44 Å². The Morgan fingerprint density at radius 3 is 1.83 bits per heavy atom. The van der Waals surface area contributed by atoms with Crippen LogP contribution in [0.1, 0.15) is 5.56 Å². The number of nitro groups is 1. The summed E-state index contributed by atoms with van der Waals surface area (Å²) in [5, 5.41) is 10.7. The molecule has 156 valence electrons. The summed E-state index contributed by atoms with van der Waals surface area (Å²) in [5.74, 6) is 0. The molecule has 0 saturated heterocycles. The van der Waals surface area contributed by atoms with E-state index in [0.717, 1.165) is 29.8 Å². The molecule has 3 aromatic carbocycles. The Labute approximate surface area is 173 Å². The van der Waals surface area contributed by atoms with Gasteiger partial charge in [-0.2, -0.15) is 0 Å². The smallest absolute Gasteiger partial charge is 0.269 e. The van der Waals surface area contributed by atoms with Gasteiger partial charge in [-0.25, -0.2) is 21.6 Å². The lowest BCUT2D eigenvalue weighted by molar-refractivity contribution is -0.384. The van der Waals surface area contributed by atoms with Crippen molar-refractivity contribution in [3.63, 3.8) is 0 Å². The molecule has 0 aliphatic carbocycles. The fourth-order valence-electron chi connectivity index (χ4n) is 2.52. The number of benzene rings is 3. The van der Waals surface area contributed by atoms with Gasteiger partial charge >= 0.3 is 0 Å². The highest BCUT2D eigenvalue weighted by atomic mass is 32.2. The highest BCUT2D eigenvalue weighted by molar-refractivity contribution is 7.92. The van der Waals surface area contributed by atoms with Gasteiger partial charge in [0.05, 0.1) is 14.7 Å². The largest absolute Gasteiger partial charge is 0.280 e. The number of anilines is 1. The minimum Gasteiger partial charge on any atom is -0.280 e. The molecule has 0 unspecified atom stereocenters. The lowest BCUT2D eigenvalue weighted by atomic mass is 10.2. The maximum Gasteiger partial charge on any atom is 0.269 e. The highest BCUT2D eigenvalue weighted by Crippen LogP contribution is 2.20. The SMILES string of the molecule is O=[N+]([O-])c1ccc(S(=O)(=O)Nc2ccc(S(=O)(=O)NCc3ccccc3)cc2)cc1. The second-order valence-corrected chi connectivity index (χ2v) is 9.64. The number of nitro benzene ring substituents is 1. The molecule has 0 bridgehead atoms. The first-order valence-corrected chi connectivity index (χ1v) is 11.5. The molecule has 3 aromatic rings. The second-order valence-electron chi connectivity index (χ2n) is 6.19. The third-order valence-corrected chi connectivity index (χ3v) is 6.90. The van der Waals surface area contributed by atoms with Gasteiger partial charge < -0.3 is 0 Å². The molecule has 11 heteroatoms. The minimum atomic E-state index is -3.99. The molecule has 3 rings (SSSR count). The van der Waals surface area contributed by atoms with Crippen molar-refractivity contribution in [2.24, 2.45) is 0 Å². The lowest BCUT2D eigenvalue weighted by Crippen LogP contribution is -2.23. The quantitative estimate of drug-likeness (QED) is 0.403. The first-order chi connectivity index (χ1) is 14.2. The molecule has 0 radical (unpaired) electrons. The molecule has 0 atom stereocenters. The van der Waals surface area contributed by atoms with Gasteiger partial charge in [-0.15, -0.1) is 0 Å². The zero-order valence-corrected chi connectivity index (χ0v) is 17.1. The van der Waals surface area contributed by atoms with Gasteiger partial charge in [-0.3, -0.25) is 14.8 Å². The third kappa shape index (κ3) is 5.20. The zero-order valence-electron chi connectivity index (χ0n) is 15.4. The van der Waals surface area contributed by atoms with Crippen LogP contribution >= 0.6 is 0 Å². The van der Waals surface area contributed by atoms with E-state index >= 15 is 0 Å². The van der Waals surface area contributed by atoms with Crippen molar-refractivity contribution in [1.29, 1.82) is 0 Å². The van der Waals surface area contributed by atoms with Crippen LogP contribution in [0.5, 0.6) is 0 Å². The Bertz CT molecular complexity index is 1240. The van der Waals surface area contributed by atoms with Crippen LogP contribution in [0.15, 0.2) is 88.7 Å². The summed E-state index contributed by atoms with van der Waals surface area (Å²) in [5.41, 5.74) is 0.718. The molecule has 0 aromatic heterocycles. The van der Waals surface area contributed by atoms with Crippen molar-refractivity contribution in [1.82, 2.24) is 4.72 Å². The Morgan fingerprint density at radius 2 is 1.27 bits per heavy atom. The van der Waals surface area contributed by atoms with Gasteiger partial charge in [0.15, 0.2) is 0 Å². The summed E-state index contributed by atoms with van der Waals surface area (Å²) < 4.78 is 54.4. The summed E-state index contributed by atoms with van der Waals surface area (Å²) in [6.07, 6.45) is 0. The molecule has 0 saturated carbocycles. The van der Waals surface area contributed by atoms with Crippen molar-refractivity contribution in [3.05, 3.63) is 94.5 Å². The summed E-state index contributed by atoms with van der Waals surface area (Å²) in [7, 11) is -7.76. The van der Waals surface area contributed by atoms with Gasteiger partial charge in [0.2, 0.25) is 10.0 Å². The molecule has 0 amide bonds. The summed E-state index contributed by atoms with van der Waals surface area (Å²) in [6.45, 7) is 0.123. The second kappa shape index (κ2) is 8.61. The van der Waals surface area contributed by atoms with Crippen LogP contribution in [-0.2, 0) is 26.6 Å². The van der Waals surface area contributed by atoms with E-state index in [9.17, 15) is 26.9 Å². The van der Waals surface area contributed by atoms with Crippen LogP contribution < -0.4 is 9.44 Å². The lowest BCUT2D eigenvalue weighted by Gasteiger charge is -2.10. The first kappa shape index (κ1) is 21.4. The zero-order chi connectivity index (χ0) is 21.8. The number of hydrogen-bond donors (Lipinski definition) is 2. The van der Waals surface area contributed by atoms with Crippen molar-refractivity contribution in [3.8, 4) is 0 Å². The highest BCUT2D eigenvalue weighted by Gasteiger charge is 2.18. The molecular formula is C19H17N3O6S2. The molecule has 30 heavy (non-hydrogen) atoms. The van der Waals surface area contributed by atoms with Crippen LogP contribution in [-0.4, -0.2) is 21.8 Å². The van der Waals surface area contributed by atoms with Crippen LogP contribution in [0.2, 0.25) is 0 Å². The average Bonchev–Trinajstić information content (AvgIpc) is 2.73. The topological polar surface area (TPSA) is 135 Å². The van der Waals surface area contributed by atoms with Crippen molar-refractivity contribution in [2.75, 3.05) is 4.72 Å². The average molecular weight is 447 g/mol. The Balaban J connectivity index is 1.71. The fraction of sp³-hybridized carbons (Fsp3) is 0.0526. The molecule has 0 heterocycles. The van der Waals surface area contributed by atoms with Gasteiger partial charge in [0, 0.05) is 24.4 Å². The maximum atomic E-state index is 12.4. The van der Waals surface area contributed by atoms with E-state index in [-0.39, 0.29) is 27.7 Å². The minimum absolute atomic E-state index is 0.0169. The van der Waals surface area contributed by atoms with E-state index in [1.807, 2.05) is 6.07 Å². The van der Waals surface area contributed by atoms with E-state index in [1.165, 1.54) is 24.3 Å². The van der Waals surface area contributed by atoms with Gasteiger partial charge in [-0.1, -0.05) is 30.3 Å². The van der Waals surface area contributed by atoms with E-state index < -0.39 is 25.0 Å². The fourth-order valence-corrected chi connectivity index (χ4v) is 4.60. The number of hydrogen-bond acceptors (Lipinski definition) is 6. The van der Waals surface area contributed by atoms with Crippen molar-refractivity contribution < 1.29 is 21.8 Å². The van der Waals surface area contributed by atoms with E-state index in [4.69, 9.17) is 0 Å². The molecule has 0 aliphatic heterocycles. The molecule has 0 aliphatic rings. The number of sulfonamides is 2. The molecular weight excluding hydrogens is 430 g/mol. The maximum absolute atomic E-state index is 12.4. The van der Waals surface area contributed by atoms with E-state index in [1.54, 1.807) is 24.3 Å². The molecule has 9 nitrogen and oxygen atoms in total. The van der Waals surface area contributed by atoms with Gasteiger partial charge in [-0.05, 0) is 42.0 Å². The molecule has 0 spiro atoms. The first-order valence-electron chi connectivity index (χ1n) is 8.58. The monoisotopic (exact) mass is 447 g/mol. The standard InChI is InChI=1S/C19H17N3O6S2/c23-22(24)17-8-12-19(13-9-17)30(27,28)21-16-6-10-18(11-7-16)29(25,26)20-14-15-4-2-1-3-5-15/h1-13,20-21H,14H2. The van der Waals surface area contributed by atoms with Crippen molar-refractivity contribution >= 4 is 31.4 Å². The Morgan fingerprint density at radius 1 is 0.733 bits per heavy atom. The van der Waals surface area contributed by atoms with Crippen LogP contribution in [0.3, 0.4) is 0 Å². The summed E-state index contributed by atoms with van der Waals surface area (Å²) >= 11 is 0. The number of non-ortho nitro benzene ring substituents is 1. The van der Waals surface area contributed by atoms with Crippen LogP contribution in [0.4, 0.5) is 11.4 Å². The third-order valence-electron chi connectivity index (χ3n) is 4.08. The number of rotatable bonds is 8. The van der Waals surface area contributed by atoms with E-state index in [0.29, 0.717) is 0 Å². The number of nitrogens with zero attached hydrogens (tertiary/aromatic N) is 1.